The number of hydrogen-bond acceptors (Lipinski definition) is 7. The van der Waals surface area contributed by atoms with E-state index in [4.69, 9.17) is 14.2 Å². The zero-order chi connectivity index (χ0) is 23.4. The lowest BCUT2D eigenvalue weighted by Gasteiger charge is -2.38. The maximum atomic E-state index is 13.6. The third-order valence-electron chi connectivity index (χ3n) is 5.76. The number of aromatic nitrogens is 3. The molecule has 1 saturated heterocycles. The monoisotopic (exact) mass is 450 g/mol. The van der Waals surface area contributed by atoms with Crippen LogP contribution in [-0.2, 0) is 4.74 Å². The SMILES string of the molecule is COC(=O)c1c(OC)cccc1O[C@@H]1CC[C@@H](C)N(C(=O)c2ccccc2-n2nccn2)C1. The zero-order valence-electron chi connectivity index (χ0n) is 18.8. The van der Waals surface area contributed by atoms with Crippen LogP contribution in [0.25, 0.3) is 5.69 Å². The molecule has 0 N–H and O–H groups in total. The maximum absolute atomic E-state index is 13.6. The number of carbonyl (C=O) groups is 2. The summed E-state index contributed by atoms with van der Waals surface area (Å²) in [7, 11) is 2.80. The molecule has 1 aliphatic heterocycles. The summed E-state index contributed by atoms with van der Waals surface area (Å²) in [6.45, 7) is 2.40. The summed E-state index contributed by atoms with van der Waals surface area (Å²) in [6, 6.07) is 12.4. The van der Waals surface area contributed by atoms with Crippen molar-refractivity contribution in [3.8, 4) is 17.2 Å². The van der Waals surface area contributed by atoms with Crippen LogP contribution in [0.5, 0.6) is 11.5 Å². The maximum Gasteiger partial charge on any atom is 0.345 e. The fraction of sp³-hybridized carbons (Fsp3) is 0.333. The molecule has 2 heterocycles. The van der Waals surface area contributed by atoms with Gasteiger partial charge in [0.15, 0.2) is 0 Å². The largest absolute Gasteiger partial charge is 0.496 e. The van der Waals surface area contributed by atoms with E-state index in [0.717, 1.165) is 12.8 Å². The summed E-state index contributed by atoms with van der Waals surface area (Å²) >= 11 is 0. The van der Waals surface area contributed by atoms with E-state index in [2.05, 4.69) is 10.2 Å². The van der Waals surface area contributed by atoms with E-state index >= 15 is 0 Å². The number of likely N-dealkylation sites (tertiary alicyclic amines) is 1. The van der Waals surface area contributed by atoms with Crippen LogP contribution in [0.1, 0.15) is 40.5 Å². The van der Waals surface area contributed by atoms with E-state index in [1.54, 1.807) is 41.6 Å². The molecule has 0 spiro atoms. The van der Waals surface area contributed by atoms with Gasteiger partial charge in [-0.05, 0) is 44.0 Å². The number of piperidine rings is 1. The third-order valence-corrected chi connectivity index (χ3v) is 5.76. The fourth-order valence-electron chi connectivity index (χ4n) is 4.04. The number of nitrogens with zero attached hydrogens (tertiary/aromatic N) is 4. The lowest BCUT2D eigenvalue weighted by Crippen LogP contribution is -2.49. The molecule has 0 radical (unpaired) electrons. The van der Waals surface area contributed by atoms with Crippen molar-refractivity contribution in [2.24, 2.45) is 0 Å². The van der Waals surface area contributed by atoms with Crippen LogP contribution in [0.4, 0.5) is 0 Å². The van der Waals surface area contributed by atoms with Gasteiger partial charge < -0.3 is 19.1 Å². The normalized spacial score (nSPS) is 18.0. The molecule has 33 heavy (non-hydrogen) atoms. The lowest BCUT2D eigenvalue weighted by atomic mass is 9.99. The van der Waals surface area contributed by atoms with E-state index in [9.17, 15) is 9.59 Å². The van der Waals surface area contributed by atoms with Gasteiger partial charge in [0.2, 0.25) is 0 Å². The van der Waals surface area contributed by atoms with Crippen molar-refractivity contribution >= 4 is 11.9 Å². The molecule has 172 valence electrons. The minimum Gasteiger partial charge on any atom is -0.496 e. The van der Waals surface area contributed by atoms with Crippen LogP contribution < -0.4 is 9.47 Å². The Hall–Kier alpha value is -3.88. The van der Waals surface area contributed by atoms with Gasteiger partial charge in [-0.2, -0.15) is 15.0 Å². The molecular formula is C24H26N4O5. The molecule has 9 heteroatoms. The third kappa shape index (κ3) is 4.52. The molecule has 0 bridgehead atoms. The van der Waals surface area contributed by atoms with E-state index < -0.39 is 5.97 Å². The first kappa shape index (κ1) is 22.3. The van der Waals surface area contributed by atoms with E-state index in [0.29, 0.717) is 29.3 Å². The van der Waals surface area contributed by atoms with Crippen LogP contribution in [0.2, 0.25) is 0 Å². The molecule has 2 aromatic carbocycles. The van der Waals surface area contributed by atoms with Crippen LogP contribution in [0.15, 0.2) is 54.9 Å². The number of hydrogen-bond donors (Lipinski definition) is 0. The molecule has 1 fully saturated rings. The minimum absolute atomic E-state index is 0.0290. The van der Waals surface area contributed by atoms with E-state index in [-0.39, 0.29) is 23.6 Å². The molecule has 0 aliphatic carbocycles. The van der Waals surface area contributed by atoms with Gasteiger partial charge in [0, 0.05) is 6.04 Å². The van der Waals surface area contributed by atoms with Crippen LogP contribution in [0, 0.1) is 0 Å². The second-order valence-corrected chi connectivity index (χ2v) is 7.78. The zero-order valence-corrected chi connectivity index (χ0v) is 18.8. The van der Waals surface area contributed by atoms with E-state index in [1.807, 2.05) is 25.1 Å². The summed E-state index contributed by atoms with van der Waals surface area (Å²) in [5.41, 5.74) is 1.36. The first-order valence-electron chi connectivity index (χ1n) is 10.7. The topological polar surface area (TPSA) is 95.8 Å². The van der Waals surface area contributed by atoms with Crippen molar-refractivity contribution < 1.29 is 23.8 Å². The average molecular weight is 450 g/mol. The summed E-state index contributed by atoms with van der Waals surface area (Å²) in [5.74, 6) is 0.0779. The summed E-state index contributed by atoms with van der Waals surface area (Å²) in [4.78, 5) is 29.1. The molecule has 1 aliphatic rings. The Morgan fingerprint density at radius 1 is 0.970 bits per heavy atom. The van der Waals surface area contributed by atoms with Gasteiger partial charge in [-0.1, -0.05) is 18.2 Å². The van der Waals surface area contributed by atoms with Crippen LogP contribution in [0.3, 0.4) is 0 Å². The summed E-state index contributed by atoms with van der Waals surface area (Å²) < 4.78 is 16.4. The van der Waals surface area contributed by atoms with Gasteiger partial charge >= 0.3 is 5.97 Å². The molecule has 0 unspecified atom stereocenters. The van der Waals surface area contributed by atoms with Crippen LogP contribution >= 0.6 is 0 Å². The molecule has 4 rings (SSSR count). The fourth-order valence-corrected chi connectivity index (χ4v) is 4.04. The highest BCUT2D eigenvalue weighted by atomic mass is 16.5. The Kier molecular flexibility index (Phi) is 6.58. The number of rotatable bonds is 6. The Balaban J connectivity index is 1.58. The van der Waals surface area contributed by atoms with Crippen molar-refractivity contribution in [3.63, 3.8) is 0 Å². The van der Waals surface area contributed by atoms with Gasteiger partial charge in [-0.25, -0.2) is 4.79 Å². The summed E-state index contributed by atoms with van der Waals surface area (Å²) in [5, 5.41) is 8.34. The number of para-hydroxylation sites is 1. The van der Waals surface area contributed by atoms with Gasteiger partial charge in [0.1, 0.15) is 23.2 Å². The first-order valence-corrected chi connectivity index (χ1v) is 10.7. The second kappa shape index (κ2) is 9.72. The Morgan fingerprint density at radius 2 is 1.70 bits per heavy atom. The number of carbonyl (C=O) groups excluding carboxylic acids is 2. The lowest BCUT2D eigenvalue weighted by molar-refractivity contribution is 0.0370. The quantitative estimate of drug-likeness (QED) is 0.533. The molecule has 0 saturated carbocycles. The highest BCUT2D eigenvalue weighted by molar-refractivity contribution is 5.98. The smallest absolute Gasteiger partial charge is 0.345 e. The van der Waals surface area contributed by atoms with Crippen molar-refractivity contribution in [3.05, 3.63) is 66.0 Å². The predicted molar refractivity (Wildman–Crippen MR) is 120 cm³/mol. The summed E-state index contributed by atoms with van der Waals surface area (Å²) in [6.07, 6.45) is 4.35. The number of esters is 1. The number of methoxy groups -OCH3 is 2. The van der Waals surface area contributed by atoms with Gasteiger partial charge in [0.05, 0.1) is 44.4 Å². The molecule has 3 aromatic rings. The molecule has 1 aromatic heterocycles. The number of ether oxygens (including phenoxy) is 3. The first-order chi connectivity index (χ1) is 16.0. The molecular weight excluding hydrogens is 424 g/mol. The Morgan fingerprint density at radius 3 is 2.42 bits per heavy atom. The molecule has 9 nitrogen and oxygen atoms in total. The Labute approximate surface area is 191 Å². The minimum atomic E-state index is -0.541. The van der Waals surface area contributed by atoms with Gasteiger partial charge in [0.25, 0.3) is 5.91 Å². The van der Waals surface area contributed by atoms with Gasteiger partial charge in [-0.3, -0.25) is 4.79 Å². The van der Waals surface area contributed by atoms with Crippen molar-refractivity contribution in [2.45, 2.75) is 31.9 Å². The second-order valence-electron chi connectivity index (χ2n) is 7.78. The van der Waals surface area contributed by atoms with Gasteiger partial charge in [-0.15, -0.1) is 0 Å². The number of amides is 1. The Bertz CT molecular complexity index is 1130. The highest BCUT2D eigenvalue weighted by Gasteiger charge is 2.33. The number of benzene rings is 2. The molecule has 1 amide bonds. The van der Waals surface area contributed by atoms with Crippen LogP contribution in [-0.4, -0.2) is 64.7 Å². The van der Waals surface area contributed by atoms with Crippen molar-refractivity contribution in [2.75, 3.05) is 20.8 Å². The van der Waals surface area contributed by atoms with Crippen molar-refractivity contribution in [1.82, 2.24) is 19.9 Å². The predicted octanol–water partition coefficient (Wildman–Crippen LogP) is 3.13. The molecule has 2 atom stereocenters. The van der Waals surface area contributed by atoms with E-state index in [1.165, 1.54) is 19.0 Å². The van der Waals surface area contributed by atoms with Crippen molar-refractivity contribution in [1.29, 1.82) is 0 Å². The highest BCUT2D eigenvalue weighted by Crippen LogP contribution is 2.32. The standard InChI is InChI=1S/C24H26N4O5/c1-16-11-12-17(33-21-10-6-9-20(31-2)22(21)24(30)32-3)15-27(16)23(29)18-7-4-5-8-19(18)28-25-13-14-26-28/h4-10,13-14,16-17H,11-12,15H2,1-3H3/t16-,17-/m1/s1. The average Bonchev–Trinajstić information content (AvgIpc) is 3.39.